The maximum absolute atomic E-state index is 9.00. The molecule has 2 rings (SSSR count). The summed E-state index contributed by atoms with van der Waals surface area (Å²) in [5.41, 5.74) is 1.67. The van der Waals surface area contributed by atoms with E-state index >= 15 is 0 Å². The van der Waals surface area contributed by atoms with Crippen LogP contribution in [0.15, 0.2) is 36.9 Å². The van der Waals surface area contributed by atoms with Gasteiger partial charge in [0, 0.05) is 26.0 Å². The molecule has 0 aromatic carbocycles. The zero-order valence-corrected chi connectivity index (χ0v) is 9.61. The van der Waals surface area contributed by atoms with E-state index in [1.165, 1.54) is 0 Å². The molecule has 0 spiro atoms. The van der Waals surface area contributed by atoms with Gasteiger partial charge in [-0.15, -0.1) is 0 Å². The summed E-state index contributed by atoms with van der Waals surface area (Å²) in [6, 6.07) is 3.91. The van der Waals surface area contributed by atoms with Crippen molar-refractivity contribution in [2.75, 3.05) is 11.9 Å². The maximum Gasteiger partial charge on any atom is 0.147 e. The van der Waals surface area contributed by atoms with Gasteiger partial charge in [-0.3, -0.25) is 9.97 Å². The minimum absolute atomic E-state index is 0.0957. The highest BCUT2D eigenvalue weighted by Gasteiger charge is 2.05. The Morgan fingerprint density at radius 2 is 2.12 bits per heavy atom. The first kappa shape index (κ1) is 11.5. The molecule has 0 saturated carbocycles. The summed E-state index contributed by atoms with van der Waals surface area (Å²) in [5.74, 6) is 0.736. The average Bonchev–Trinajstić information content (AvgIpc) is 2.40. The quantitative estimate of drug-likeness (QED) is 0.849. The first-order valence-electron chi connectivity index (χ1n) is 5.31. The van der Waals surface area contributed by atoms with Crippen molar-refractivity contribution in [1.82, 2.24) is 15.0 Å². The molecule has 2 aromatic heterocycles. The topological polar surface area (TPSA) is 62.1 Å². The average molecular weight is 230 g/mol. The summed E-state index contributed by atoms with van der Waals surface area (Å²) in [4.78, 5) is 14.3. The van der Waals surface area contributed by atoms with E-state index in [4.69, 9.17) is 5.11 Å². The summed E-state index contributed by atoms with van der Waals surface area (Å²) in [5, 5.41) is 9.00. The van der Waals surface area contributed by atoms with E-state index in [2.05, 4.69) is 15.0 Å². The van der Waals surface area contributed by atoms with Crippen molar-refractivity contribution in [2.24, 2.45) is 0 Å². The zero-order valence-electron chi connectivity index (χ0n) is 9.61. The lowest BCUT2D eigenvalue weighted by Gasteiger charge is -2.17. The molecule has 0 unspecified atom stereocenters. The standard InChI is InChI=1S/C12H14N4O/c1-16(8-10-3-2-4-13-5-10)12-7-14-6-11(9-17)15-12/h2-7,17H,8-9H2,1H3. The highest BCUT2D eigenvalue weighted by molar-refractivity contribution is 5.36. The summed E-state index contributed by atoms with van der Waals surface area (Å²) in [6.07, 6.45) is 6.80. The molecule has 1 N–H and O–H groups in total. The van der Waals surface area contributed by atoms with Crippen LogP contribution in [0.5, 0.6) is 0 Å². The van der Waals surface area contributed by atoms with Crippen LogP contribution in [0.2, 0.25) is 0 Å². The van der Waals surface area contributed by atoms with Gasteiger partial charge in [-0.25, -0.2) is 4.98 Å². The summed E-state index contributed by atoms with van der Waals surface area (Å²) >= 11 is 0. The monoisotopic (exact) mass is 230 g/mol. The Morgan fingerprint density at radius 1 is 1.24 bits per heavy atom. The van der Waals surface area contributed by atoms with E-state index in [1.807, 2.05) is 30.3 Å². The van der Waals surface area contributed by atoms with E-state index in [9.17, 15) is 0 Å². The maximum atomic E-state index is 9.00. The number of aliphatic hydroxyl groups is 1. The molecule has 5 heteroatoms. The van der Waals surface area contributed by atoms with Crippen molar-refractivity contribution >= 4 is 5.82 Å². The number of hydrogen-bond acceptors (Lipinski definition) is 5. The minimum atomic E-state index is -0.0957. The van der Waals surface area contributed by atoms with Crippen LogP contribution in [-0.2, 0) is 13.2 Å². The fourth-order valence-corrected chi connectivity index (χ4v) is 1.50. The third-order valence-corrected chi connectivity index (χ3v) is 2.37. The van der Waals surface area contributed by atoms with Gasteiger partial charge in [0.1, 0.15) is 5.82 Å². The predicted molar refractivity (Wildman–Crippen MR) is 64.3 cm³/mol. The van der Waals surface area contributed by atoms with Gasteiger partial charge in [-0.1, -0.05) is 6.07 Å². The number of anilines is 1. The molecule has 0 atom stereocenters. The van der Waals surface area contributed by atoms with Crippen LogP contribution < -0.4 is 4.90 Å². The molecular formula is C12H14N4O. The van der Waals surface area contributed by atoms with Gasteiger partial charge in [0.05, 0.1) is 24.7 Å². The zero-order chi connectivity index (χ0) is 12.1. The predicted octanol–water partition coefficient (Wildman–Crippen LogP) is 1.00. The van der Waals surface area contributed by atoms with Crippen LogP contribution in [0.1, 0.15) is 11.3 Å². The van der Waals surface area contributed by atoms with Crippen LogP contribution in [0.3, 0.4) is 0 Å². The normalized spacial score (nSPS) is 10.2. The van der Waals surface area contributed by atoms with Crippen molar-refractivity contribution in [1.29, 1.82) is 0 Å². The number of rotatable bonds is 4. The Bertz CT molecular complexity index is 475. The SMILES string of the molecule is CN(Cc1cccnc1)c1cncc(CO)n1. The molecular weight excluding hydrogens is 216 g/mol. The van der Waals surface area contributed by atoms with E-state index in [0.29, 0.717) is 12.2 Å². The van der Waals surface area contributed by atoms with Gasteiger partial charge >= 0.3 is 0 Å². The Labute approximate surface area is 99.8 Å². The van der Waals surface area contributed by atoms with Gasteiger partial charge in [0.15, 0.2) is 0 Å². The lowest BCUT2D eigenvalue weighted by atomic mass is 10.3. The Balaban J connectivity index is 2.11. The molecule has 5 nitrogen and oxygen atoms in total. The molecule has 2 heterocycles. The van der Waals surface area contributed by atoms with E-state index in [0.717, 1.165) is 11.4 Å². The third kappa shape index (κ3) is 2.98. The fourth-order valence-electron chi connectivity index (χ4n) is 1.50. The molecule has 88 valence electrons. The first-order valence-corrected chi connectivity index (χ1v) is 5.31. The van der Waals surface area contributed by atoms with Crippen molar-refractivity contribution in [3.8, 4) is 0 Å². The third-order valence-electron chi connectivity index (χ3n) is 2.37. The highest BCUT2D eigenvalue weighted by atomic mass is 16.3. The lowest BCUT2D eigenvalue weighted by molar-refractivity contribution is 0.276. The summed E-state index contributed by atoms with van der Waals surface area (Å²) < 4.78 is 0. The van der Waals surface area contributed by atoms with Crippen molar-refractivity contribution < 1.29 is 5.11 Å². The number of hydrogen-bond donors (Lipinski definition) is 1. The summed E-state index contributed by atoms with van der Waals surface area (Å²) in [7, 11) is 1.93. The Hall–Kier alpha value is -2.01. The Kier molecular flexibility index (Phi) is 3.62. The largest absolute Gasteiger partial charge is 0.390 e. The molecule has 2 aromatic rings. The van der Waals surface area contributed by atoms with Crippen molar-refractivity contribution in [3.05, 3.63) is 48.2 Å². The minimum Gasteiger partial charge on any atom is -0.390 e. The second kappa shape index (κ2) is 5.36. The van der Waals surface area contributed by atoms with Crippen molar-refractivity contribution in [2.45, 2.75) is 13.2 Å². The molecule has 17 heavy (non-hydrogen) atoms. The molecule has 0 bridgehead atoms. The van der Waals surface area contributed by atoms with Crippen LogP contribution in [-0.4, -0.2) is 27.1 Å². The highest BCUT2D eigenvalue weighted by Crippen LogP contribution is 2.11. The van der Waals surface area contributed by atoms with Gasteiger partial charge in [0.2, 0.25) is 0 Å². The molecule has 0 radical (unpaired) electrons. The molecule has 0 aliphatic heterocycles. The Morgan fingerprint density at radius 3 is 2.82 bits per heavy atom. The van der Waals surface area contributed by atoms with E-state index in [-0.39, 0.29) is 6.61 Å². The van der Waals surface area contributed by atoms with Gasteiger partial charge < -0.3 is 10.0 Å². The molecule has 0 aliphatic rings. The van der Waals surface area contributed by atoms with Crippen LogP contribution >= 0.6 is 0 Å². The number of aromatic nitrogens is 3. The second-order valence-electron chi connectivity index (χ2n) is 3.74. The second-order valence-corrected chi connectivity index (χ2v) is 3.74. The van der Waals surface area contributed by atoms with Gasteiger partial charge in [0.25, 0.3) is 0 Å². The molecule has 0 amide bonds. The first-order chi connectivity index (χ1) is 8.29. The van der Waals surface area contributed by atoms with Crippen LogP contribution in [0, 0.1) is 0 Å². The summed E-state index contributed by atoms with van der Waals surface area (Å²) in [6.45, 7) is 0.610. The van der Waals surface area contributed by atoms with Crippen LogP contribution in [0.25, 0.3) is 0 Å². The molecule has 0 saturated heterocycles. The molecule has 0 fully saturated rings. The number of nitrogens with zero attached hydrogens (tertiary/aromatic N) is 4. The number of aliphatic hydroxyl groups excluding tert-OH is 1. The smallest absolute Gasteiger partial charge is 0.147 e. The lowest BCUT2D eigenvalue weighted by Crippen LogP contribution is -2.18. The van der Waals surface area contributed by atoms with Crippen molar-refractivity contribution in [3.63, 3.8) is 0 Å². The fraction of sp³-hybridized carbons (Fsp3) is 0.250. The number of pyridine rings is 1. The van der Waals surface area contributed by atoms with Gasteiger partial charge in [-0.2, -0.15) is 0 Å². The van der Waals surface area contributed by atoms with Gasteiger partial charge in [-0.05, 0) is 11.6 Å². The molecule has 0 aliphatic carbocycles. The van der Waals surface area contributed by atoms with E-state index < -0.39 is 0 Å². The van der Waals surface area contributed by atoms with Crippen LogP contribution in [0.4, 0.5) is 5.82 Å². The van der Waals surface area contributed by atoms with E-state index in [1.54, 1.807) is 18.6 Å².